The van der Waals surface area contributed by atoms with Crippen LogP contribution in [-0.2, 0) is 16.1 Å². The summed E-state index contributed by atoms with van der Waals surface area (Å²) >= 11 is 4.88. The molecule has 0 aromatic heterocycles. The number of aliphatic imine (C=N–C) groups is 1. The van der Waals surface area contributed by atoms with Crippen LogP contribution in [0.5, 0.6) is 11.5 Å². The molecule has 3 aromatic rings. The molecule has 9 heteroatoms. The highest BCUT2D eigenvalue weighted by molar-refractivity contribution is 9.10. The second-order valence-corrected chi connectivity index (χ2v) is 10.3. The molecule has 1 amide bonds. The van der Waals surface area contributed by atoms with E-state index in [1.165, 1.54) is 22.2 Å². The van der Waals surface area contributed by atoms with Gasteiger partial charge >= 0.3 is 5.97 Å². The van der Waals surface area contributed by atoms with Crippen molar-refractivity contribution in [1.29, 1.82) is 0 Å². The van der Waals surface area contributed by atoms with Crippen LogP contribution in [-0.4, -0.2) is 42.7 Å². The lowest BCUT2D eigenvalue weighted by molar-refractivity contribution is -0.121. The molecule has 0 radical (unpaired) electrons. The van der Waals surface area contributed by atoms with Crippen molar-refractivity contribution in [2.45, 2.75) is 20.5 Å². The van der Waals surface area contributed by atoms with Crippen molar-refractivity contribution in [3.63, 3.8) is 0 Å². The number of hydrogen-bond acceptors (Lipinski definition) is 7. The van der Waals surface area contributed by atoms with E-state index in [0.29, 0.717) is 46.0 Å². The highest BCUT2D eigenvalue weighted by atomic mass is 79.9. The molecular formula is C29H27BrN2O5S. The fourth-order valence-electron chi connectivity index (χ4n) is 3.57. The summed E-state index contributed by atoms with van der Waals surface area (Å²) in [6, 6.07) is 18.6. The molecule has 1 aliphatic rings. The molecule has 7 nitrogen and oxygen atoms in total. The first kappa shape index (κ1) is 27.5. The molecule has 0 saturated carbocycles. The van der Waals surface area contributed by atoms with Gasteiger partial charge in [-0.05, 0) is 79.2 Å². The van der Waals surface area contributed by atoms with E-state index in [1.807, 2.05) is 43.3 Å². The van der Waals surface area contributed by atoms with E-state index in [0.717, 1.165) is 15.6 Å². The Balaban J connectivity index is 1.52. The third kappa shape index (κ3) is 6.46. The lowest BCUT2D eigenvalue weighted by Gasteiger charge is -2.13. The average molecular weight is 596 g/mol. The summed E-state index contributed by atoms with van der Waals surface area (Å²) in [6.45, 7) is 4.52. The molecule has 196 valence electrons. The van der Waals surface area contributed by atoms with Gasteiger partial charge in [-0.3, -0.25) is 9.69 Å². The molecular weight excluding hydrogens is 568 g/mol. The second kappa shape index (κ2) is 12.3. The van der Waals surface area contributed by atoms with Gasteiger partial charge in [0, 0.05) is 11.5 Å². The van der Waals surface area contributed by atoms with E-state index in [9.17, 15) is 9.59 Å². The molecule has 1 fully saturated rings. The molecule has 1 heterocycles. The summed E-state index contributed by atoms with van der Waals surface area (Å²) in [5, 5.41) is 0.534. The monoisotopic (exact) mass is 594 g/mol. The summed E-state index contributed by atoms with van der Waals surface area (Å²) in [5.41, 5.74) is 4.09. The fourth-order valence-corrected chi connectivity index (χ4v) is 4.98. The molecule has 0 N–H and O–H groups in total. The van der Waals surface area contributed by atoms with E-state index >= 15 is 0 Å². The van der Waals surface area contributed by atoms with Crippen LogP contribution in [0.15, 0.2) is 75.0 Å². The first-order chi connectivity index (χ1) is 18.3. The number of nitrogens with zero attached hydrogens (tertiary/aromatic N) is 2. The average Bonchev–Trinajstić information content (AvgIpc) is 3.17. The molecule has 1 aliphatic heterocycles. The number of benzene rings is 3. The third-order valence-electron chi connectivity index (χ3n) is 5.69. The van der Waals surface area contributed by atoms with E-state index in [2.05, 4.69) is 20.9 Å². The Kier molecular flexibility index (Phi) is 8.91. The van der Waals surface area contributed by atoms with Crippen molar-refractivity contribution in [2.75, 3.05) is 20.8 Å². The quantitative estimate of drug-likeness (QED) is 0.212. The van der Waals surface area contributed by atoms with Gasteiger partial charge in [-0.15, -0.1) is 0 Å². The molecule has 0 spiro atoms. The SMILES string of the molecule is CCOC(=O)c1ccc(N=C2SC(=Cc3cc(OC)c(OCc4ccc(C)cc4)cc3Br)C(=O)N2C)cc1. The number of aryl methyl sites for hydroxylation is 1. The van der Waals surface area contributed by atoms with Crippen LogP contribution in [0.2, 0.25) is 0 Å². The maximum absolute atomic E-state index is 13.0. The Bertz CT molecular complexity index is 1400. The highest BCUT2D eigenvalue weighted by Crippen LogP contribution is 2.38. The number of rotatable bonds is 8. The van der Waals surface area contributed by atoms with Crippen LogP contribution in [0.3, 0.4) is 0 Å². The van der Waals surface area contributed by atoms with Crippen molar-refractivity contribution in [3.05, 3.63) is 92.3 Å². The van der Waals surface area contributed by atoms with Crippen LogP contribution in [0, 0.1) is 6.92 Å². The summed E-state index contributed by atoms with van der Waals surface area (Å²) in [7, 11) is 3.26. The number of thioether (sulfide) groups is 1. The van der Waals surface area contributed by atoms with Crippen LogP contribution < -0.4 is 9.47 Å². The number of carbonyl (C=O) groups excluding carboxylic acids is 2. The summed E-state index contributed by atoms with van der Waals surface area (Å²) < 4.78 is 17.4. The molecule has 38 heavy (non-hydrogen) atoms. The minimum Gasteiger partial charge on any atom is -0.493 e. The van der Waals surface area contributed by atoms with Crippen molar-refractivity contribution >= 4 is 56.5 Å². The molecule has 1 saturated heterocycles. The number of hydrogen-bond donors (Lipinski definition) is 0. The zero-order chi connectivity index (χ0) is 27.2. The predicted molar refractivity (Wildman–Crippen MR) is 154 cm³/mol. The number of amides is 1. The van der Waals surface area contributed by atoms with Gasteiger partial charge in [0.1, 0.15) is 6.61 Å². The Morgan fingerprint density at radius 2 is 1.79 bits per heavy atom. The van der Waals surface area contributed by atoms with Crippen LogP contribution >= 0.6 is 27.7 Å². The first-order valence-electron chi connectivity index (χ1n) is 11.9. The minimum absolute atomic E-state index is 0.164. The molecule has 0 aliphatic carbocycles. The van der Waals surface area contributed by atoms with E-state index < -0.39 is 0 Å². The number of likely N-dealkylation sites (N-methyl/N-ethyl adjacent to an activating group) is 1. The zero-order valence-electron chi connectivity index (χ0n) is 21.5. The standard InChI is InChI=1S/C29H27BrN2O5S/c1-5-36-28(34)20-10-12-22(13-11-20)31-29-32(3)27(33)26(38-29)15-21-14-24(35-4)25(16-23(21)30)37-17-19-8-6-18(2)7-9-19/h6-16H,5,17H2,1-4H3. The predicted octanol–water partition coefficient (Wildman–Crippen LogP) is 6.76. The highest BCUT2D eigenvalue weighted by Gasteiger charge is 2.30. The Hall–Kier alpha value is -3.56. The normalized spacial score (nSPS) is 15.3. The fraction of sp³-hybridized carbons (Fsp3) is 0.207. The van der Waals surface area contributed by atoms with Crippen molar-refractivity contribution in [1.82, 2.24) is 4.90 Å². The zero-order valence-corrected chi connectivity index (χ0v) is 23.9. The maximum atomic E-state index is 13.0. The number of methoxy groups -OCH3 is 1. The molecule has 4 rings (SSSR count). The van der Waals surface area contributed by atoms with Crippen molar-refractivity contribution in [2.24, 2.45) is 4.99 Å². The van der Waals surface area contributed by atoms with Gasteiger partial charge in [0.05, 0.1) is 29.9 Å². The van der Waals surface area contributed by atoms with Gasteiger partial charge in [-0.1, -0.05) is 45.8 Å². The number of esters is 1. The third-order valence-corrected chi connectivity index (χ3v) is 7.44. The van der Waals surface area contributed by atoms with Gasteiger partial charge in [0.2, 0.25) is 0 Å². The van der Waals surface area contributed by atoms with Crippen molar-refractivity contribution in [3.8, 4) is 11.5 Å². The van der Waals surface area contributed by atoms with Gasteiger partial charge in [-0.25, -0.2) is 9.79 Å². The topological polar surface area (TPSA) is 77.4 Å². The second-order valence-electron chi connectivity index (χ2n) is 8.44. The molecule has 0 unspecified atom stereocenters. The summed E-state index contributed by atoms with van der Waals surface area (Å²) in [5.74, 6) is 0.610. The van der Waals surface area contributed by atoms with E-state index in [1.54, 1.807) is 51.4 Å². The number of amidine groups is 1. The lowest BCUT2D eigenvalue weighted by Crippen LogP contribution is -2.23. The van der Waals surface area contributed by atoms with Gasteiger partial charge in [0.25, 0.3) is 5.91 Å². The Morgan fingerprint density at radius 1 is 1.08 bits per heavy atom. The van der Waals surface area contributed by atoms with Crippen LogP contribution in [0.4, 0.5) is 5.69 Å². The first-order valence-corrected chi connectivity index (χ1v) is 13.5. The van der Waals surface area contributed by atoms with Crippen LogP contribution in [0.25, 0.3) is 6.08 Å². The Morgan fingerprint density at radius 3 is 2.45 bits per heavy atom. The number of ether oxygens (including phenoxy) is 3. The Labute approximate surface area is 234 Å². The minimum atomic E-state index is -0.382. The smallest absolute Gasteiger partial charge is 0.338 e. The molecule has 0 atom stereocenters. The van der Waals surface area contributed by atoms with E-state index in [4.69, 9.17) is 14.2 Å². The lowest BCUT2D eigenvalue weighted by atomic mass is 10.1. The summed E-state index contributed by atoms with van der Waals surface area (Å²) in [4.78, 5) is 31.5. The maximum Gasteiger partial charge on any atom is 0.338 e. The number of carbonyl (C=O) groups is 2. The molecule has 0 bridgehead atoms. The van der Waals surface area contributed by atoms with E-state index in [-0.39, 0.29) is 11.9 Å². The molecule has 3 aromatic carbocycles. The van der Waals surface area contributed by atoms with Gasteiger partial charge in [-0.2, -0.15) is 0 Å². The van der Waals surface area contributed by atoms with Gasteiger partial charge in [0.15, 0.2) is 16.7 Å². The van der Waals surface area contributed by atoms with Gasteiger partial charge < -0.3 is 14.2 Å². The van der Waals surface area contributed by atoms with Crippen LogP contribution in [0.1, 0.15) is 34.0 Å². The van der Waals surface area contributed by atoms with Crippen molar-refractivity contribution < 1.29 is 23.8 Å². The largest absolute Gasteiger partial charge is 0.493 e. The summed E-state index contributed by atoms with van der Waals surface area (Å²) in [6.07, 6.45) is 1.80. The number of halogens is 1.